The summed E-state index contributed by atoms with van der Waals surface area (Å²) in [5.74, 6) is -1.04. The number of carbonyl (C=O) groups is 2. The molecule has 0 saturated heterocycles. The van der Waals surface area contributed by atoms with Crippen molar-refractivity contribution in [3.8, 4) is 0 Å². The fraction of sp³-hybridized carbons (Fsp3) is 0.385. The Labute approximate surface area is 105 Å². The number of esters is 2. The van der Waals surface area contributed by atoms with E-state index in [4.69, 9.17) is 9.47 Å². The predicted octanol–water partition coefficient (Wildman–Crippen LogP) is 0.905. The first-order valence-corrected chi connectivity index (χ1v) is 5.70. The number of ether oxygens (including phenoxy) is 2. The van der Waals surface area contributed by atoms with Crippen LogP contribution in [0.3, 0.4) is 0 Å². The maximum Gasteiger partial charge on any atom is 0.338 e. The minimum absolute atomic E-state index is 0.256. The van der Waals surface area contributed by atoms with Crippen molar-refractivity contribution in [2.45, 2.75) is 13.0 Å². The second-order valence-electron chi connectivity index (χ2n) is 4.08. The molecule has 0 unspecified atom stereocenters. The zero-order valence-corrected chi connectivity index (χ0v) is 10.4. The zero-order chi connectivity index (χ0) is 13.1. The van der Waals surface area contributed by atoms with Gasteiger partial charge in [0, 0.05) is 6.54 Å². The molecule has 0 fully saturated rings. The second kappa shape index (κ2) is 5.18. The van der Waals surface area contributed by atoms with E-state index in [1.54, 1.807) is 12.1 Å². The van der Waals surface area contributed by atoms with Crippen molar-refractivity contribution >= 4 is 11.9 Å². The predicted molar refractivity (Wildman–Crippen MR) is 64.5 cm³/mol. The van der Waals surface area contributed by atoms with Gasteiger partial charge in [-0.25, -0.2) is 9.59 Å². The minimum atomic E-state index is -0.524. The Hall–Kier alpha value is -1.88. The number of methoxy groups -OCH3 is 2. The second-order valence-corrected chi connectivity index (χ2v) is 4.08. The summed E-state index contributed by atoms with van der Waals surface area (Å²) in [5, 5.41) is 3.22. The zero-order valence-electron chi connectivity index (χ0n) is 10.4. The summed E-state index contributed by atoms with van der Waals surface area (Å²) < 4.78 is 9.40. The molecule has 0 atom stereocenters. The summed E-state index contributed by atoms with van der Waals surface area (Å²) in [6.45, 7) is 1.56. The molecule has 1 N–H and O–H groups in total. The van der Waals surface area contributed by atoms with Crippen LogP contribution in [0.5, 0.6) is 0 Å². The van der Waals surface area contributed by atoms with Gasteiger partial charge in [-0.1, -0.05) is 0 Å². The van der Waals surface area contributed by atoms with E-state index in [1.165, 1.54) is 14.2 Å². The lowest BCUT2D eigenvalue weighted by molar-refractivity contribution is 0.0555. The smallest absolute Gasteiger partial charge is 0.338 e. The summed E-state index contributed by atoms with van der Waals surface area (Å²) in [6, 6.07) is 3.44. The molecular weight excluding hydrogens is 234 g/mol. The molecule has 0 bridgehead atoms. The van der Waals surface area contributed by atoms with Gasteiger partial charge in [0.05, 0.1) is 25.3 Å². The molecule has 1 aromatic rings. The monoisotopic (exact) mass is 249 g/mol. The molecule has 1 aliphatic heterocycles. The van der Waals surface area contributed by atoms with Crippen LogP contribution in [-0.2, 0) is 22.4 Å². The lowest BCUT2D eigenvalue weighted by Gasteiger charge is -2.19. The van der Waals surface area contributed by atoms with E-state index < -0.39 is 11.9 Å². The Kier molecular flexibility index (Phi) is 3.62. The molecule has 96 valence electrons. The molecule has 1 heterocycles. The molecular formula is C13H15NO4. The van der Waals surface area contributed by atoms with Gasteiger partial charge in [0.15, 0.2) is 0 Å². The number of rotatable bonds is 2. The van der Waals surface area contributed by atoms with E-state index in [0.29, 0.717) is 6.54 Å². The molecule has 0 spiro atoms. The van der Waals surface area contributed by atoms with Crippen LogP contribution in [0.2, 0.25) is 0 Å². The van der Waals surface area contributed by atoms with Crippen LogP contribution in [0.25, 0.3) is 0 Å². The van der Waals surface area contributed by atoms with E-state index in [9.17, 15) is 9.59 Å². The average Bonchev–Trinajstić information content (AvgIpc) is 2.44. The topological polar surface area (TPSA) is 64.6 Å². The maximum absolute atomic E-state index is 11.7. The van der Waals surface area contributed by atoms with Crippen LogP contribution in [0, 0.1) is 0 Å². The third-order valence-electron chi connectivity index (χ3n) is 3.04. The highest BCUT2D eigenvalue weighted by molar-refractivity contribution is 6.03. The summed E-state index contributed by atoms with van der Waals surface area (Å²) >= 11 is 0. The van der Waals surface area contributed by atoms with E-state index in [0.717, 1.165) is 24.1 Å². The van der Waals surface area contributed by atoms with Gasteiger partial charge in [-0.3, -0.25) is 0 Å². The number of benzene rings is 1. The van der Waals surface area contributed by atoms with Crippen molar-refractivity contribution in [3.05, 3.63) is 34.4 Å². The lowest BCUT2D eigenvalue weighted by Crippen LogP contribution is -2.25. The molecule has 0 saturated carbocycles. The Morgan fingerprint density at radius 1 is 1.06 bits per heavy atom. The number of nitrogens with one attached hydrogen (secondary N) is 1. The molecule has 1 aliphatic rings. The average molecular weight is 249 g/mol. The van der Waals surface area contributed by atoms with Crippen LogP contribution < -0.4 is 5.32 Å². The van der Waals surface area contributed by atoms with Crippen molar-refractivity contribution in [2.75, 3.05) is 20.8 Å². The van der Waals surface area contributed by atoms with Crippen LogP contribution >= 0.6 is 0 Å². The highest BCUT2D eigenvalue weighted by Gasteiger charge is 2.22. The number of hydrogen-bond donors (Lipinski definition) is 1. The molecule has 0 aliphatic carbocycles. The van der Waals surface area contributed by atoms with E-state index in [-0.39, 0.29) is 11.1 Å². The van der Waals surface area contributed by atoms with Crippen LogP contribution in [-0.4, -0.2) is 32.7 Å². The Bertz CT molecular complexity index is 451. The van der Waals surface area contributed by atoms with Crippen LogP contribution in [0.1, 0.15) is 31.8 Å². The minimum Gasteiger partial charge on any atom is -0.465 e. The molecule has 18 heavy (non-hydrogen) atoms. The van der Waals surface area contributed by atoms with E-state index >= 15 is 0 Å². The lowest BCUT2D eigenvalue weighted by atomic mass is 9.94. The summed E-state index contributed by atoms with van der Waals surface area (Å²) in [4.78, 5) is 23.4. The number of fused-ring (bicyclic) bond motifs is 1. The Morgan fingerprint density at radius 2 is 1.61 bits per heavy atom. The van der Waals surface area contributed by atoms with Gasteiger partial charge in [0.25, 0.3) is 0 Å². The molecule has 5 heteroatoms. The van der Waals surface area contributed by atoms with Gasteiger partial charge in [-0.15, -0.1) is 0 Å². The standard InChI is InChI=1S/C13H15NO4/c1-17-12(15)10-5-8-3-4-14-7-9(8)6-11(10)13(16)18-2/h5-6,14H,3-4,7H2,1-2H3. The van der Waals surface area contributed by atoms with E-state index in [2.05, 4.69) is 5.32 Å². The third-order valence-corrected chi connectivity index (χ3v) is 3.04. The number of carbonyl (C=O) groups excluding carboxylic acids is 2. The van der Waals surface area contributed by atoms with Crippen molar-refractivity contribution in [3.63, 3.8) is 0 Å². The fourth-order valence-electron chi connectivity index (χ4n) is 2.09. The molecule has 0 radical (unpaired) electrons. The van der Waals surface area contributed by atoms with Gasteiger partial charge in [-0.05, 0) is 36.2 Å². The fourth-order valence-corrected chi connectivity index (χ4v) is 2.09. The first-order chi connectivity index (χ1) is 8.67. The summed E-state index contributed by atoms with van der Waals surface area (Å²) in [7, 11) is 2.59. The largest absolute Gasteiger partial charge is 0.465 e. The summed E-state index contributed by atoms with van der Waals surface area (Å²) in [6.07, 6.45) is 0.834. The first kappa shape index (κ1) is 12.6. The third kappa shape index (κ3) is 2.22. The maximum atomic E-state index is 11.7. The quantitative estimate of drug-likeness (QED) is 0.789. The normalized spacial score (nSPS) is 13.7. The SMILES string of the molecule is COC(=O)c1cc2c(cc1C(=O)OC)CNCC2. The van der Waals surface area contributed by atoms with Crippen molar-refractivity contribution in [2.24, 2.45) is 0 Å². The van der Waals surface area contributed by atoms with Crippen molar-refractivity contribution in [1.29, 1.82) is 0 Å². The molecule has 1 aromatic carbocycles. The molecule has 0 aromatic heterocycles. The van der Waals surface area contributed by atoms with Gasteiger partial charge in [-0.2, -0.15) is 0 Å². The van der Waals surface area contributed by atoms with Crippen LogP contribution in [0.15, 0.2) is 12.1 Å². The van der Waals surface area contributed by atoms with Gasteiger partial charge < -0.3 is 14.8 Å². The highest BCUT2D eigenvalue weighted by Crippen LogP contribution is 2.21. The van der Waals surface area contributed by atoms with Gasteiger partial charge in [0.1, 0.15) is 0 Å². The first-order valence-electron chi connectivity index (χ1n) is 5.70. The molecule has 5 nitrogen and oxygen atoms in total. The molecule has 0 amide bonds. The van der Waals surface area contributed by atoms with Crippen molar-refractivity contribution < 1.29 is 19.1 Å². The van der Waals surface area contributed by atoms with Gasteiger partial charge >= 0.3 is 11.9 Å². The van der Waals surface area contributed by atoms with E-state index in [1.807, 2.05) is 0 Å². The van der Waals surface area contributed by atoms with Crippen molar-refractivity contribution in [1.82, 2.24) is 5.32 Å². The molecule has 2 rings (SSSR count). The Morgan fingerprint density at radius 3 is 2.17 bits per heavy atom. The Balaban J connectivity index is 2.54. The number of hydrogen-bond acceptors (Lipinski definition) is 5. The highest BCUT2D eigenvalue weighted by atomic mass is 16.5. The van der Waals surface area contributed by atoms with Gasteiger partial charge in [0.2, 0.25) is 0 Å². The summed E-state index contributed by atoms with van der Waals surface area (Å²) in [5.41, 5.74) is 2.62. The van der Waals surface area contributed by atoms with Crippen LogP contribution in [0.4, 0.5) is 0 Å².